The van der Waals surface area contributed by atoms with Gasteiger partial charge in [0, 0.05) is 6.07 Å². The van der Waals surface area contributed by atoms with E-state index in [0.717, 1.165) is 24.3 Å². The Labute approximate surface area is 161 Å². The van der Waals surface area contributed by atoms with Gasteiger partial charge in [-0.25, -0.2) is 0 Å². The van der Waals surface area contributed by atoms with Crippen molar-refractivity contribution < 1.29 is 9.84 Å². The van der Waals surface area contributed by atoms with E-state index in [1.54, 1.807) is 12.1 Å². The number of ether oxygens (including phenoxy) is 1. The maximum atomic E-state index is 9.55. The fourth-order valence-electron chi connectivity index (χ4n) is 3.32. The number of nitrogens with two attached hydrogens (primary N) is 1. The van der Waals surface area contributed by atoms with Crippen LogP contribution in [-0.2, 0) is 0 Å². The van der Waals surface area contributed by atoms with Crippen molar-refractivity contribution in [2.45, 2.75) is 104 Å². The van der Waals surface area contributed by atoms with Crippen LogP contribution in [0.4, 0.5) is 5.69 Å². The SMILES string of the molecule is CCCCCCCCCCCCCCCCOc1cc(N)c(O)cc1C. The summed E-state index contributed by atoms with van der Waals surface area (Å²) >= 11 is 0. The molecule has 0 saturated heterocycles. The van der Waals surface area contributed by atoms with Crippen molar-refractivity contribution in [1.29, 1.82) is 0 Å². The number of phenols is 1. The third kappa shape index (κ3) is 10.6. The Hall–Kier alpha value is -1.38. The highest BCUT2D eigenvalue weighted by molar-refractivity contribution is 5.58. The van der Waals surface area contributed by atoms with Crippen molar-refractivity contribution in [2.75, 3.05) is 12.3 Å². The molecule has 0 amide bonds. The molecule has 3 nitrogen and oxygen atoms in total. The largest absolute Gasteiger partial charge is 0.506 e. The van der Waals surface area contributed by atoms with Crippen molar-refractivity contribution in [3.05, 3.63) is 17.7 Å². The highest BCUT2D eigenvalue weighted by atomic mass is 16.5. The summed E-state index contributed by atoms with van der Waals surface area (Å²) in [6.07, 6.45) is 19.1. The first kappa shape index (κ1) is 22.7. The van der Waals surface area contributed by atoms with Crippen molar-refractivity contribution in [1.82, 2.24) is 0 Å². The molecule has 0 aliphatic rings. The number of hydrogen-bond donors (Lipinski definition) is 2. The van der Waals surface area contributed by atoms with Gasteiger partial charge in [-0.05, 0) is 25.0 Å². The maximum absolute atomic E-state index is 9.55. The van der Waals surface area contributed by atoms with Gasteiger partial charge in [0.1, 0.15) is 11.5 Å². The zero-order valence-corrected chi connectivity index (χ0v) is 17.2. The minimum atomic E-state index is 0.131. The van der Waals surface area contributed by atoms with Crippen LogP contribution >= 0.6 is 0 Å². The smallest absolute Gasteiger partial charge is 0.139 e. The van der Waals surface area contributed by atoms with E-state index in [4.69, 9.17) is 10.5 Å². The fourth-order valence-corrected chi connectivity index (χ4v) is 3.32. The molecule has 0 saturated carbocycles. The molecule has 0 aliphatic carbocycles. The van der Waals surface area contributed by atoms with Gasteiger partial charge in [0.15, 0.2) is 0 Å². The van der Waals surface area contributed by atoms with E-state index in [1.807, 2.05) is 6.92 Å². The van der Waals surface area contributed by atoms with Crippen LogP contribution in [0.1, 0.15) is 102 Å². The van der Waals surface area contributed by atoms with Gasteiger partial charge in [0.05, 0.1) is 12.3 Å². The van der Waals surface area contributed by atoms with E-state index in [0.29, 0.717) is 5.69 Å². The Balaban J connectivity index is 1.87. The molecule has 0 spiro atoms. The summed E-state index contributed by atoms with van der Waals surface area (Å²) in [6.45, 7) is 4.93. The van der Waals surface area contributed by atoms with Gasteiger partial charge >= 0.3 is 0 Å². The summed E-state index contributed by atoms with van der Waals surface area (Å²) in [4.78, 5) is 0. The molecule has 0 unspecified atom stereocenters. The molecule has 1 rings (SSSR count). The summed E-state index contributed by atoms with van der Waals surface area (Å²) in [5.41, 5.74) is 7.03. The highest BCUT2D eigenvalue weighted by Gasteiger charge is 2.05. The average molecular weight is 364 g/mol. The Morgan fingerprint density at radius 2 is 1.23 bits per heavy atom. The van der Waals surface area contributed by atoms with Gasteiger partial charge in [0.25, 0.3) is 0 Å². The van der Waals surface area contributed by atoms with Crippen molar-refractivity contribution >= 4 is 5.69 Å². The first-order valence-corrected chi connectivity index (χ1v) is 10.9. The van der Waals surface area contributed by atoms with Gasteiger partial charge in [0.2, 0.25) is 0 Å². The van der Waals surface area contributed by atoms with Crippen LogP contribution in [0.15, 0.2) is 12.1 Å². The summed E-state index contributed by atoms with van der Waals surface area (Å²) in [5, 5.41) is 9.55. The molecule has 26 heavy (non-hydrogen) atoms. The molecule has 1 aromatic rings. The molecule has 0 radical (unpaired) electrons. The lowest BCUT2D eigenvalue weighted by molar-refractivity contribution is 0.302. The Morgan fingerprint density at radius 3 is 1.73 bits per heavy atom. The van der Waals surface area contributed by atoms with Crippen LogP contribution in [0, 0.1) is 6.92 Å². The first-order valence-electron chi connectivity index (χ1n) is 10.9. The standard InChI is InChI=1S/C23H41NO2/c1-3-4-5-6-7-8-9-10-11-12-13-14-15-16-17-26-23-19-21(24)22(25)18-20(23)2/h18-19,25H,3-17,24H2,1-2H3. The quantitative estimate of drug-likeness (QED) is 0.186. The third-order valence-electron chi connectivity index (χ3n) is 5.08. The lowest BCUT2D eigenvalue weighted by Crippen LogP contribution is -2.00. The number of benzene rings is 1. The van der Waals surface area contributed by atoms with E-state index in [1.165, 1.54) is 83.5 Å². The molecule has 0 atom stereocenters. The zero-order valence-electron chi connectivity index (χ0n) is 17.2. The topological polar surface area (TPSA) is 55.5 Å². The molecule has 0 fully saturated rings. The molecule has 0 heterocycles. The first-order chi connectivity index (χ1) is 12.6. The van der Waals surface area contributed by atoms with Crippen molar-refractivity contribution in [2.24, 2.45) is 0 Å². The normalized spacial score (nSPS) is 11.0. The average Bonchev–Trinajstić information content (AvgIpc) is 2.62. The van der Waals surface area contributed by atoms with Gasteiger partial charge in [-0.15, -0.1) is 0 Å². The van der Waals surface area contributed by atoms with Crippen LogP contribution in [-0.4, -0.2) is 11.7 Å². The second-order valence-electron chi connectivity index (χ2n) is 7.62. The van der Waals surface area contributed by atoms with Crippen LogP contribution in [0.25, 0.3) is 0 Å². The third-order valence-corrected chi connectivity index (χ3v) is 5.08. The summed E-state index contributed by atoms with van der Waals surface area (Å²) in [5.74, 6) is 0.918. The highest BCUT2D eigenvalue weighted by Crippen LogP contribution is 2.29. The van der Waals surface area contributed by atoms with E-state index >= 15 is 0 Å². The van der Waals surface area contributed by atoms with Crippen LogP contribution < -0.4 is 10.5 Å². The number of aryl methyl sites for hydroxylation is 1. The predicted molar refractivity (Wildman–Crippen MR) is 113 cm³/mol. The molecule has 1 aromatic carbocycles. The molecule has 150 valence electrons. The van der Waals surface area contributed by atoms with Crippen LogP contribution in [0.3, 0.4) is 0 Å². The molecule has 3 heteroatoms. The lowest BCUT2D eigenvalue weighted by atomic mass is 10.0. The zero-order chi connectivity index (χ0) is 19.0. The predicted octanol–water partition coefficient (Wildman–Crippen LogP) is 7.14. The number of phenolic OH excluding ortho intramolecular Hbond substituents is 1. The monoisotopic (exact) mass is 363 g/mol. The molecule has 3 N–H and O–H groups in total. The van der Waals surface area contributed by atoms with E-state index in [-0.39, 0.29) is 5.75 Å². The molecule has 0 aromatic heterocycles. The summed E-state index contributed by atoms with van der Waals surface area (Å²) < 4.78 is 5.79. The number of nitrogen functional groups attached to an aromatic ring is 1. The lowest BCUT2D eigenvalue weighted by Gasteiger charge is -2.11. The molecular formula is C23H41NO2. The van der Waals surface area contributed by atoms with Crippen molar-refractivity contribution in [3.63, 3.8) is 0 Å². The van der Waals surface area contributed by atoms with E-state index < -0.39 is 0 Å². The minimum absolute atomic E-state index is 0.131. The number of unbranched alkanes of at least 4 members (excludes halogenated alkanes) is 13. The van der Waals surface area contributed by atoms with Gasteiger partial charge in [-0.3, -0.25) is 0 Å². The fraction of sp³-hybridized carbons (Fsp3) is 0.739. The number of aromatic hydroxyl groups is 1. The minimum Gasteiger partial charge on any atom is -0.506 e. The second-order valence-corrected chi connectivity index (χ2v) is 7.62. The summed E-state index contributed by atoms with van der Waals surface area (Å²) in [7, 11) is 0. The molecule has 0 bridgehead atoms. The molecular weight excluding hydrogens is 322 g/mol. The number of anilines is 1. The van der Waals surface area contributed by atoms with Gasteiger partial charge in [-0.2, -0.15) is 0 Å². The number of rotatable bonds is 16. The molecule has 0 aliphatic heterocycles. The summed E-state index contributed by atoms with van der Waals surface area (Å²) in [6, 6.07) is 3.38. The Morgan fingerprint density at radius 1 is 0.769 bits per heavy atom. The Kier molecular flexibility index (Phi) is 12.9. The van der Waals surface area contributed by atoms with Crippen LogP contribution in [0.5, 0.6) is 11.5 Å². The number of hydrogen-bond acceptors (Lipinski definition) is 3. The van der Waals surface area contributed by atoms with E-state index in [2.05, 4.69) is 6.92 Å². The van der Waals surface area contributed by atoms with Gasteiger partial charge < -0.3 is 15.6 Å². The second kappa shape index (κ2) is 14.8. The van der Waals surface area contributed by atoms with Crippen molar-refractivity contribution in [3.8, 4) is 11.5 Å². The van der Waals surface area contributed by atoms with Crippen LogP contribution in [0.2, 0.25) is 0 Å². The maximum Gasteiger partial charge on any atom is 0.139 e. The Bertz CT molecular complexity index is 474. The van der Waals surface area contributed by atoms with E-state index in [9.17, 15) is 5.11 Å². The van der Waals surface area contributed by atoms with Gasteiger partial charge in [-0.1, -0.05) is 90.4 Å².